The molecule has 0 radical (unpaired) electrons. The number of ether oxygens (including phenoxy) is 4. The lowest BCUT2D eigenvalue weighted by molar-refractivity contribution is -0.0512. The van der Waals surface area contributed by atoms with Crippen LogP contribution in [0.2, 0.25) is 0 Å². The minimum Gasteiger partial charge on any atom is -0.493 e. The maximum absolute atomic E-state index is 12.5. The first kappa shape index (κ1) is 21.7. The van der Waals surface area contributed by atoms with Crippen molar-refractivity contribution >= 4 is 21.8 Å². The molecule has 0 aliphatic rings. The van der Waals surface area contributed by atoms with Crippen molar-refractivity contribution in [3.63, 3.8) is 0 Å². The van der Waals surface area contributed by atoms with Crippen LogP contribution in [0, 0.1) is 0 Å². The van der Waals surface area contributed by atoms with E-state index in [1.54, 1.807) is 18.2 Å². The average Bonchev–Trinajstić information content (AvgIpc) is 2.67. The van der Waals surface area contributed by atoms with Gasteiger partial charge in [0.25, 0.3) is 5.91 Å². The molecule has 0 aromatic heterocycles. The predicted octanol–water partition coefficient (Wildman–Crippen LogP) is 4.40. The van der Waals surface area contributed by atoms with E-state index in [0.717, 1.165) is 0 Å². The number of alkyl halides is 2. The lowest BCUT2D eigenvalue weighted by Gasteiger charge is -2.14. The van der Waals surface area contributed by atoms with Gasteiger partial charge < -0.3 is 24.3 Å². The fraction of sp³-hybridized carbons (Fsp3) is 0.316. The van der Waals surface area contributed by atoms with Crippen LogP contribution < -0.4 is 24.3 Å². The van der Waals surface area contributed by atoms with Crippen LogP contribution in [0.5, 0.6) is 23.0 Å². The predicted molar refractivity (Wildman–Crippen MR) is 103 cm³/mol. The fourth-order valence-electron chi connectivity index (χ4n) is 2.44. The molecule has 2 rings (SSSR count). The summed E-state index contributed by atoms with van der Waals surface area (Å²) in [6, 6.07) is 7.70. The molecule has 0 heterocycles. The monoisotopic (exact) mass is 459 g/mol. The Morgan fingerprint density at radius 3 is 2.43 bits per heavy atom. The first-order valence-corrected chi connectivity index (χ1v) is 9.09. The summed E-state index contributed by atoms with van der Waals surface area (Å²) in [5.41, 5.74) is 0.923. The van der Waals surface area contributed by atoms with E-state index in [9.17, 15) is 13.6 Å². The molecule has 0 saturated heterocycles. The van der Waals surface area contributed by atoms with Crippen molar-refractivity contribution in [1.82, 2.24) is 5.32 Å². The summed E-state index contributed by atoms with van der Waals surface area (Å²) in [5.74, 6) is 0.628. The molecule has 0 spiro atoms. The number of rotatable bonds is 9. The van der Waals surface area contributed by atoms with Crippen molar-refractivity contribution < 1.29 is 32.5 Å². The molecule has 1 N–H and O–H groups in total. The second kappa shape index (κ2) is 10.1. The highest BCUT2D eigenvalue weighted by atomic mass is 79.9. The summed E-state index contributed by atoms with van der Waals surface area (Å²) < 4.78 is 45.8. The van der Waals surface area contributed by atoms with E-state index in [1.165, 1.54) is 26.4 Å². The quantitative estimate of drug-likeness (QED) is 0.601. The van der Waals surface area contributed by atoms with Crippen molar-refractivity contribution in [1.29, 1.82) is 0 Å². The number of hydrogen-bond donors (Lipinski definition) is 1. The highest BCUT2D eigenvalue weighted by Gasteiger charge is 2.16. The maximum Gasteiger partial charge on any atom is 0.387 e. The number of hydrogen-bond acceptors (Lipinski definition) is 5. The molecule has 0 bridgehead atoms. The normalized spacial score (nSPS) is 10.5. The van der Waals surface area contributed by atoms with Gasteiger partial charge in [-0.15, -0.1) is 0 Å². The molecule has 1 amide bonds. The van der Waals surface area contributed by atoms with Gasteiger partial charge in [0.05, 0.1) is 25.3 Å². The molecule has 0 saturated carbocycles. The SMILES string of the molecule is CCOc1c(Br)cc(C(=O)NCc2ccc(OC)c(OC(F)F)c2)cc1OC. The van der Waals surface area contributed by atoms with Gasteiger partial charge in [0.2, 0.25) is 0 Å². The molecule has 152 valence electrons. The largest absolute Gasteiger partial charge is 0.493 e. The Morgan fingerprint density at radius 1 is 1.11 bits per heavy atom. The highest BCUT2D eigenvalue weighted by molar-refractivity contribution is 9.10. The summed E-state index contributed by atoms with van der Waals surface area (Å²) >= 11 is 3.37. The van der Waals surface area contributed by atoms with E-state index < -0.39 is 6.61 Å². The Morgan fingerprint density at radius 2 is 1.82 bits per heavy atom. The van der Waals surface area contributed by atoms with Crippen LogP contribution in [0.1, 0.15) is 22.8 Å². The lowest BCUT2D eigenvalue weighted by Crippen LogP contribution is -2.23. The van der Waals surface area contributed by atoms with Crippen LogP contribution in [0.25, 0.3) is 0 Å². The zero-order valence-electron chi connectivity index (χ0n) is 15.6. The van der Waals surface area contributed by atoms with Crippen LogP contribution in [-0.2, 0) is 6.54 Å². The Kier molecular flexibility index (Phi) is 7.86. The summed E-state index contributed by atoms with van der Waals surface area (Å²) in [4.78, 5) is 12.5. The smallest absolute Gasteiger partial charge is 0.387 e. The molecule has 2 aromatic rings. The molecule has 0 aliphatic carbocycles. The van der Waals surface area contributed by atoms with E-state index in [2.05, 4.69) is 26.0 Å². The van der Waals surface area contributed by atoms with Crippen LogP contribution in [0.4, 0.5) is 8.78 Å². The van der Waals surface area contributed by atoms with Gasteiger partial charge >= 0.3 is 6.61 Å². The van der Waals surface area contributed by atoms with E-state index in [1.807, 2.05) is 6.92 Å². The number of nitrogens with one attached hydrogen (secondary N) is 1. The number of amides is 1. The standard InChI is InChI=1S/C19H20BrF2NO5/c1-4-27-17-13(20)8-12(9-16(17)26-3)18(24)23-10-11-5-6-14(25-2)15(7-11)28-19(21)22/h5-9,19H,4,10H2,1-3H3,(H,23,24). The van der Waals surface area contributed by atoms with Gasteiger partial charge in [-0.3, -0.25) is 4.79 Å². The second-order valence-corrected chi connectivity index (χ2v) is 6.32. The molecule has 2 aromatic carbocycles. The average molecular weight is 460 g/mol. The molecule has 0 aliphatic heterocycles. The Hall–Kier alpha value is -2.55. The minimum absolute atomic E-state index is 0.102. The van der Waals surface area contributed by atoms with Gasteiger partial charge in [0, 0.05) is 12.1 Å². The first-order valence-electron chi connectivity index (χ1n) is 8.29. The zero-order valence-corrected chi connectivity index (χ0v) is 17.1. The van der Waals surface area contributed by atoms with Gasteiger partial charge in [0.1, 0.15) is 0 Å². The third kappa shape index (κ3) is 5.48. The van der Waals surface area contributed by atoms with Crippen LogP contribution >= 0.6 is 15.9 Å². The molecule has 0 fully saturated rings. The van der Waals surface area contributed by atoms with Crippen molar-refractivity contribution in [2.75, 3.05) is 20.8 Å². The number of carbonyl (C=O) groups is 1. The fourth-order valence-corrected chi connectivity index (χ4v) is 3.00. The number of carbonyl (C=O) groups excluding carboxylic acids is 1. The lowest BCUT2D eigenvalue weighted by atomic mass is 10.1. The topological polar surface area (TPSA) is 66.0 Å². The molecule has 9 heteroatoms. The van der Waals surface area contributed by atoms with Gasteiger partial charge in [-0.2, -0.15) is 8.78 Å². The molecule has 0 unspecified atom stereocenters. The van der Waals surface area contributed by atoms with Crippen molar-refractivity contribution in [3.05, 3.63) is 45.9 Å². The Bertz CT molecular complexity index is 832. The molecule has 28 heavy (non-hydrogen) atoms. The van der Waals surface area contributed by atoms with E-state index in [-0.39, 0.29) is 24.0 Å². The third-order valence-corrected chi connectivity index (χ3v) is 4.27. The second-order valence-electron chi connectivity index (χ2n) is 5.47. The number of halogens is 3. The Labute approximate surface area is 169 Å². The van der Waals surface area contributed by atoms with Gasteiger partial charge in [-0.25, -0.2) is 0 Å². The van der Waals surface area contributed by atoms with Gasteiger partial charge in [-0.05, 0) is 52.7 Å². The molecular weight excluding hydrogens is 440 g/mol. The first-order chi connectivity index (χ1) is 13.4. The van der Waals surface area contributed by atoms with E-state index in [4.69, 9.17) is 14.2 Å². The van der Waals surface area contributed by atoms with Crippen molar-refractivity contribution in [2.24, 2.45) is 0 Å². The zero-order chi connectivity index (χ0) is 20.7. The van der Waals surface area contributed by atoms with E-state index >= 15 is 0 Å². The number of benzene rings is 2. The van der Waals surface area contributed by atoms with E-state index in [0.29, 0.717) is 33.7 Å². The molecule has 0 atom stereocenters. The molecule has 6 nitrogen and oxygen atoms in total. The number of methoxy groups -OCH3 is 2. The minimum atomic E-state index is -2.98. The Balaban J connectivity index is 2.15. The summed E-state index contributed by atoms with van der Waals surface area (Å²) in [6.07, 6.45) is 0. The van der Waals surface area contributed by atoms with Gasteiger partial charge in [0.15, 0.2) is 23.0 Å². The van der Waals surface area contributed by atoms with Crippen LogP contribution in [0.15, 0.2) is 34.8 Å². The van der Waals surface area contributed by atoms with Crippen LogP contribution in [0.3, 0.4) is 0 Å². The van der Waals surface area contributed by atoms with Gasteiger partial charge in [-0.1, -0.05) is 6.07 Å². The summed E-state index contributed by atoms with van der Waals surface area (Å²) in [6.45, 7) is -0.586. The van der Waals surface area contributed by atoms with Crippen molar-refractivity contribution in [3.8, 4) is 23.0 Å². The molecular formula is C19H20BrF2NO5. The summed E-state index contributed by atoms with van der Waals surface area (Å²) in [5, 5.41) is 2.72. The maximum atomic E-state index is 12.5. The third-order valence-electron chi connectivity index (χ3n) is 3.68. The van der Waals surface area contributed by atoms with Crippen LogP contribution in [-0.4, -0.2) is 33.3 Å². The summed E-state index contributed by atoms with van der Waals surface area (Å²) in [7, 11) is 2.83. The highest BCUT2D eigenvalue weighted by Crippen LogP contribution is 2.36. The van der Waals surface area contributed by atoms with Crippen molar-refractivity contribution in [2.45, 2.75) is 20.1 Å².